The van der Waals surface area contributed by atoms with Gasteiger partial charge in [0.25, 0.3) is 0 Å². The summed E-state index contributed by atoms with van der Waals surface area (Å²) in [6.45, 7) is 10.1. The van der Waals surface area contributed by atoms with E-state index in [1.54, 1.807) is 6.33 Å². The average molecular weight is 252 g/mol. The van der Waals surface area contributed by atoms with Crippen LogP contribution in [0.1, 0.15) is 33.0 Å². The van der Waals surface area contributed by atoms with Gasteiger partial charge in [0.1, 0.15) is 12.2 Å². The van der Waals surface area contributed by atoms with Crippen LogP contribution in [0.5, 0.6) is 0 Å². The van der Waals surface area contributed by atoms with Crippen LogP contribution in [0.25, 0.3) is 0 Å². The van der Waals surface area contributed by atoms with Gasteiger partial charge in [0.15, 0.2) is 0 Å². The number of rotatable bonds is 6. The van der Waals surface area contributed by atoms with E-state index >= 15 is 0 Å². The second-order valence-corrected chi connectivity index (χ2v) is 5.51. The van der Waals surface area contributed by atoms with Crippen molar-refractivity contribution in [3.05, 3.63) is 12.2 Å². The highest BCUT2D eigenvalue weighted by molar-refractivity contribution is 4.85. The molecule has 5 nitrogen and oxygen atoms in total. The fourth-order valence-corrected chi connectivity index (χ4v) is 2.34. The largest absolute Gasteiger partial charge is 0.378 e. The Balaban J connectivity index is 1.77. The van der Waals surface area contributed by atoms with E-state index in [4.69, 9.17) is 4.74 Å². The molecule has 1 fully saturated rings. The summed E-state index contributed by atoms with van der Waals surface area (Å²) in [5.74, 6) is 2.25. The highest BCUT2D eigenvalue weighted by atomic mass is 16.5. The molecule has 0 spiro atoms. The fourth-order valence-electron chi connectivity index (χ4n) is 2.34. The SMILES string of the molecule is CC(C)Cn1ncnc1CNCC1CCOC1C. The lowest BCUT2D eigenvalue weighted by atomic mass is 10.0. The highest BCUT2D eigenvalue weighted by Gasteiger charge is 2.23. The summed E-state index contributed by atoms with van der Waals surface area (Å²) >= 11 is 0. The van der Waals surface area contributed by atoms with Crippen LogP contribution in [0.3, 0.4) is 0 Å². The summed E-state index contributed by atoms with van der Waals surface area (Å²) in [4.78, 5) is 4.31. The molecule has 1 N–H and O–H groups in total. The van der Waals surface area contributed by atoms with Crippen LogP contribution in [0.4, 0.5) is 0 Å². The van der Waals surface area contributed by atoms with Gasteiger partial charge in [-0.2, -0.15) is 5.10 Å². The van der Waals surface area contributed by atoms with Crippen LogP contribution in [0.15, 0.2) is 6.33 Å². The van der Waals surface area contributed by atoms with Crippen molar-refractivity contribution in [1.82, 2.24) is 20.1 Å². The van der Waals surface area contributed by atoms with Crippen LogP contribution in [0, 0.1) is 11.8 Å². The molecule has 102 valence electrons. The van der Waals surface area contributed by atoms with Crippen LogP contribution >= 0.6 is 0 Å². The number of hydrogen-bond acceptors (Lipinski definition) is 4. The lowest BCUT2D eigenvalue weighted by Gasteiger charge is -2.15. The Bertz CT molecular complexity index is 364. The van der Waals surface area contributed by atoms with Crippen LogP contribution in [-0.4, -0.2) is 34.0 Å². The third kappa shape index (κ3) is 3.53. The third-order valence-corrected chi connectivity index (χ3v) is 3.46. The molecule has 0 amide bonds. The van der Waals surface area contributed by atoms with E-state index in [1.165, 1.54) is 0 Å². The molecule has 0 bridgehead atoms. The van der Waals surface area contributed by atoms with E-state index in [1.807, 2.05) is 4.68 Å². The topological polar surface area (TPSA) is 52.0 Å². The van der Waals surface area contributed by atoms with Crippen molar-refractivity contribution in [2.75, 3.05) is 13.2 Å². The second kappa shape index (κ2) is 6.29. The number of aromatic nitrogens is 3. The minimum absolute atomic E-state index is 0.381. The van der Waals surface area contributed by atoms with Gasteiger partial charge < -0.3 is 10.1 Å². The first-order chi connectivity index (χ1) is 8.66. The smallest absolute Gasteiger partial charge is 0.140 e. The van der Waals surface area contributed by atoms with Crippen molar-refractivity contribution in [2.24, 2.45) is 11.8 Å². The van der Waals surface area contributed by atoms with Crippen molar-refractivity contribution in [3.63, 3.8) is 0 Å². The van der Waals surface area contributed by atoms with E-state index < -0.39 is 0 Å². The van der Waals surface area contributed by atoms with Gasteiger partial charge in [0.05, 0.1) is 12.6 Å². The van der Waals surface area contributed by atoms with Crippen molar-refractivity contribution in [2.45, 2.75) is 46.4 Å². The van der Waals surface area contributed by atoms with E-state index in [0.29, 0.717) is 17.9 Å². The molecule has 0 aliphatic carbocycles. The summed E-state index contributed by atoms with van der Waals surface area (Å²) in [5, 5.41) is 7.73. The van der Waals surface area contributed by atoms with Crippen LogP contribution < -0.4 is 5.32 Å². The summed E-state index contributed by atoms with van der Waals surface area (Å²) < 4.78 is 7.55. The van der Waals surface area contributed by atoms with Crippen LogP contribution in [0.2, 0.25) is 0 Å². The molecule has 0 radical (unpaired) electrons. The standard InChI is InChI=1S/C13H24N4O/c1-10(2)8-17-13(15-9-16-17)7-14-6-12-4-5-18-11(12)3/h9-12,14H,4-8H2,1-3H3. The highest BCUT2D eigenvalue weighted by Crippen LogP contribution is 2.19. The molecular formula is C13H24N4O. The summed E-state index contributed by atoms with van der Waals surface area (Å²) in [6.07, 6.45) is 3.18. The molecule has 1 aliphatic rings. The van der Waals surface area contributed by atoms with E-state index in [9.17, 15) is 0 Å². The molecule has 0 saturated carbocycles. The van der Waals surface area contributed by atoms with Gasteiger partial charge >= 0.3 is 0 Å². The minimum atomic E-state index is 0.381. The first kappa shape index (κ1) is 13.5. The summed E-state index contributed by atoms with van der Waals surface area (Å²) in [7, 11) is 0. The zero-order chi connectivity index (χ0) is 13.0. The molecule has 1 aromatic rings. The van der Waals surface area contributed by atoms with Gasteiger partial charge in [-0.1, -0.05) is 13.8 Å². The maximum Gasteiger partial charge on any atom is 0.140 e. The Hall–Kier alpha value is -0.940. The molecule has 1 aromatic heterocycles. The molecule has 2 unspecified atom stereocenters. The summed E-state index contributed by atoms with van der Waals surface area (Å²) in [5.41, 5.74) is 0. The Kier molecular flexibility index (Phi) is 4.72. The van der Waals surface area contributed by atoms with Crippen molar-refractivity contribution in [3.8, 4) is 0 Å². The molecule has 2 heterocycles. The molecule has 1 saturated heterocycles. The molecule has 2 atom stereocenters. The van der Waals surface area contributed by atoms with Gasteiger partial charge in [-0.3, -0.25) is 0 Å². The lowest BCUT2D eigenvalue weighted by molar-refractivity contribution is 0.105. The van der Waals surface area contributed by atoms with Gasteiger partial charge in [-0.05, 0) is 25.2 Å². The Morgan fingerprint density at radius 2 is 2.39 bits per heavy atom. The predicted molar refractivity (Wildman–Crippen MR) is 70.1 cm³/mol. The number of nitrogens with zero attached hydrogens (tertiary/aromatic N) is 3. The molecule has 18 heavy (non-hydrogen) atoms. The maximum atomic E-state index is 5.56. The number of nitrogens with one attached hydrogen (secondary N) is 1. The van der Waals surface area contributed by atoms with Gasteiger partial charge in [0.2, 0.25) is 0 Å². The Labute approximate surface area is 109 Å². The average Bonchev–Trinajstić information content (AvgIpc) is 2.89. The van der Waals surface area contributed by atoms with E-state index in [-0.39, 0.29) is 0 Å². The molecule has 2 rings (SSSR count). The zero-order valence-corrected chi connectivity index (χ0v) is 11.6. The predicted octanol–water partition coefficient (Wildman–Crippen LogP) is 1.45. The van der Waals surface area contributed by atoms with Gasteiger partial charge in [-0.15, -0.1) is 0 Å². The molecular weight excluding hydrogens is 228 g/mol. The van der Waals surface area contributed by atoms with E-state index in [0.717, 1.165) is 38.5 Å². The van der Waals surface area contributed by atoms with Crippen LogP contribution in [-0.2, 0) is 17.8 Å². The quantitative estimate of drug-likeness (QED) is 0.832. The van der Waals surface area contributed by atoms with E-state index in [2.05, 4.69) is 36.2 Å². The Morgan fingerprint density at radius 3 is 3.06 bits per heavy atom. The first-order valence-electron chi connectivity index (χ1n) is 6.86. The normalized spacial score (nSPS) is 24.0. The summed E-state index contributed by atoms with van der Waals surface area (Å²) in [6, 6.07) is 0. The number of ether oxygens (including phenoxy) is 1. The molecule has 0 aromatic carbocycles. The minimum Gasteiger partial charge on any atom is -0.378 e. The fraction of sp³-hybridized carbons (Fsp3) is 0.846. The molecule has 1 aliphatic heterocycles. The maximum absolute atomic E-state index is 5.56. The third-order valence-electron chi connectivity index (χ3n) is 3.46. The van der Waals surface area contributed by atoms with Gasteiger partial charge in [-0.25, -0.2) is 9.67 Å². The van der Waals surface area contributed by atoms with Crippen molar-refractivity contribution < 1.29 is 4.74 Å². The monoisotopic (exact) mass is 252 g/mol. The number of hydrogen-bond donors (Lipinski definition) is 1. The zero-order valence-electron chi connectivity index (χ0n) is 11.6. The lowest BCUT2D eigenvalue weighted by Crippen LogP contribution is -2.28. The Morgan fingerprint density at radius 1 is 1.56 bits per heavy atom. The van der Waals surface area contributed by atoms with Gasteiger partial charge in [0, 0.05) is 19.7 Å². The first-order valence-corrected chi connectivity index (χ1v) is 6.86. The van der Waals surface area contributed by atoms with Crippen molar-refractivity contribution in [1.29, 1.82) is 0 Å². The molecule has 5 heteroatoms. The second-order valence-electron chi connectivity index (χ2n) is 5.51. The van der Waals surface area contributed by atoms with Crippen molar-refractivity contribution >= 4 is 0 Å².